The smallest absolute Gasteiger partial charge is 0.220 e. The van der Waals surface area contributed by atoms with Crippen molar-refractivity contribution < 1.29 is 4.79 Å². The first-order valence-electron chi connectivity index (χ1n) is 8.06. The van der Waals surface area contributed by atoms with Crippen molar-refractivity contribution in [1.82, 2.24) is 15.5 Å². The highest BCUT2D eigenvalue weighted by Gasteiger charge is 2.24. The average molecular weight is 287 g/mol. The van der Waals surface area contributed by atoms with Gasteiger partial charge in [0.25, 0.3) is 0 Å². The molecule has 4 nitrogen and oxygen atoms in total. The largest absolute Gasteiger partial charge is 0.353 e. The molecule has 0 atom stereocenters. The van der Waals surface area contributed by atoms with Gasteiger partial charge in [-0.2, -0.15) is 0 Å². The van der Waals surface area contributed by atoms with E-state index >= 15 is 0 Å². The minimum atomic E-state index is 0.239. The Bertz CT molecular complexity index is 450. The highest BCUT2D eigenvalue weighted by atomic mass is 16.1. The summed E-state index contributed by atoms with van der Waals surface area (Å²) in [6, 6.07) is 11.0. The third-order valence-corrected chi connectivity index (χ3v) is 4.54. The summed E-state index contributed by atoms with van der Waals surface area (Å²) in [5.74, 6) is 0.797. The number of likely N-dealkylation sites (tertiary alicyclic amines) is 1. The SMILES string of the molecule is O=C(CC1CNC1)NC1CCN(Cc2ccccc2)CC1. The van der Waals surface area contributed by atoms with Gasteiger partial charge in [0.15, 0.2) is 0 Å². The summed E-state index contributed by atoms with van der Waals surface area (Å²) in [6.45, 7) is 5.18. The second-order valence-electron chi connectivity index (χ2n) is 6.33. The summed E-state index contributed by atoms with van der Waals surface area (Å²) in [5, 5.41) is 6.42. The molecule has 2 heterocycles. The molecule has 4 heteroatoms. The van der Waals surface area contributed by atoms with Crippen LogP contribution in [0.2, 0.25) is 0 Å². The molecule has 1 aromatic carbocycles. The Balaban J connectivity index is 1.37. The maximum atomic E-state index is 11.9. The summed E-state index contributed by atoms with van der Waals surface area (Å²) < 4.78 is 0. The third kappa shape index (κ3) is 4.29. The topological polar surface area (TPSA) is 44.4 Å². The lowest BCUT2D eigenvalue weighted by molar-refractivity contribution is -0.123. The Morgan fingerprint density at radius 1 is 1.19 bits per heavy atom. The van der Waals surface area contributed by atoms with E-state index in [-0.39, 0.29) is 5.91 Å². The van der Waals surface area contributed by atoms with Crippen LogP contribution in [0.4, 0.5) is 0 Å². The molecule has 2 aliphatic rings. The predicted octanol–water partition coefficient (Wildman–Crippen LogP) is 1.38. The Labute approximate surface area is 126 Å². The standard InChI is InChI=1S/C17H25N3O/c21-17(10-15-11-18-12-15)19-16-6-8-20(9-7-16)13-14-4-2-1-3-5-14/h1-5,15-16,18H,6-13H2,(H,19,21). The number of benzene rings is 1. The monoisotopic (exact) mass is 287 g/mol. The first-order chi connectivity index (χ1) is 10.3. The molecule has 1 aromatic rings. The van der Waals surface area contributed by atoms with Crippen LogP contribution >= 0.6 is 0 Å². The molecule has 0 radical (unpaired) electrons. The van der Waals surface area contributed by atoms with Gasteiger partial charge in [0.2, 0.25) is 5.91 Å². The van der Waals surface area contributed by atoms with Gasteiger partial charge in [-0.05, 0) is 37.4 Å². The van der Waals surface area contributed by atoms with Crippen molar-refractivity contribution in [3.05, 3.63) is 35.9 Å². The van der Waals surface area contributed by atoms with Gasteiger partial charge >= 0.3 is 0 Å². The number of piperidine rings is 1. The molecule has 0 aromatic heterocycles. The van der Waals surface area contributed by atoms with E-state index in [1.165, 1.54) is 5.56 Å². The first-order valence-corrected chi connectivity index (χ1v) is 8.06. The molecule has 2 fully saturated rings. The predicted molar refractivity (Wildman–Crippen MR) is 83.9 cm³/mol. The van der Waals surface area contributed by atoms with Crippen LogP contribution in [0.3, 0.4) is 0 Å². The van der Waals surface area contributed by atoms with Gasteiger partial charge in [-0.3, -0.25) is 9.69 Å². The molecular formula is C17H25N3O. The maximum absolute atomic E-state index is 11.9. The average Bonchev–Trinajstić information content (AvgIpc) is 2.46. The number of nitrogens with zero attached hydrogens (tertiary/aromatic N) is 1. The number of hydrogen-bond acceptors (Lipinski definition) is 3. The number of carbonyl (C=O) groups is 1. The molecule has 0 bridgehead atoms. The Kier molecular flexibility index (Phi) is 4.88. The van der Waals surface area contributed by atoms with Crippen molar-refractivity contribution in [2.75, 3.05) is 26.2 Å². The Morgan fingerprint density at radius 2 is 1.90 bits per heavy atom. The quantitative estimate of drug-likeness (QED) is 0.860. The summed E-state index contributed by atoms with van der Waals surface area (Å²) in [5.41, 5.74) is 1.37. The molecule has 114 valence electrons. The highest BCUT2D eigenvalue weighted by molar-refractivity contribution is 5.76. The van der Waals surface area contributed by atoms with Gasteiger partial charge in [-0.15, -0.1) is 0 Å². The van der Waals surface area contributed by atoms with Crippen LogP contribution in [0.5, 0.6) is 0 Å². The normalized spacial score (nSPS) is 21.0. The molecule has 2 aliphatic heterocycles. The lowest BCUT2D eigenvalue weighted by Crippen LogP contribution is -2.48. The van der Waals surface area contributed by atoms with E-state index in [9.17, 15) is 4.79 Å². The number of rotatable bonds is 5. The second kappa shape index (κ2) is 7.05. The first kappa shape index (κ1) is 14.5. The Hall–Kier alpha value is -1.39. The van der Waals surface area contributed by atoms with Crippen LogP contribution in [-0.4, -0.2) is 43.0 Å². The van der Waals surface area contributed by atoms with Crippen LogP contribution in [0, 0.1) is 5.92 Å². The zero-order valence-electron chi connectivity index (χ0n) is 12.6. The molecule has 0 unspecified atom stereocenters. The van der Waals surface area contributed by atoms with E-state index in [2.05, 4.69) is 45.9 Å². The lowest BCUT2D eigenvalue weighted by atomic mass is 9.98. The molecule has 2 N–H and O–H groups in total. The number of hydrogen-bond donors (Lipinski definition) is 2. The van der Waals surface area contributed by atoms with Crippen molar-refractivity contribution in [3.63, 3.8) is 0 Å². The fraction of sp³-hybridized carbons (Fsp3) is 0.588. The third-order valence-electron chi connectivity index (χ3n) is 4.54. The fourth-order valence-corrected chi connectivity index (χ4v) is 3.12. The minimum absolute atomic E-state index is 0.239. The van der Waals surface area contributed by atoms with Crippen LogP contribution < -0.4 is 10.6 Å². The molecule has 21 heavy (non-hydrogen) atoms. The van der Waals surface area contributed by atoms with E-state index in [1.54, 1.807) is 0 Å². The van der Waals surface area contributed by atoms with Crippen LogP contribution in [0.15, 0.2) is 30.3 Å². The van der Waals surface area contributed by atoms with Crippen molar-refractivity contribution in [1.29, 1.82) is 0 Å². The zero-order chi connectivity index (χ0) is 14.5. The zero-order valence-corrected chi connectivity index (χ0v) is 12.6. The number of nitrogens with one attached hydrogen (secondary N) is 2. The molecule has 0 spiro atoms. The van der Waals surface area contributed by atoms with Crippen molar-refractivity contribution >= 4 is 5.91 Å². The maximum Gasteiger partial charge on any atom is 0.220 e. The van der Waals surface area contributed by atoms with Gasteiger partial charge in [-0.25, -0.2) is 0 Å². The van der Waals surface area contributed by atoms with Gasteiger partial charge in [0.05, 0.1) is 0 Å². The van der Waals surface area contributed by atoms with E-state index in [0.717, 1.165) is 45.6 Å². The summed E-state index contributed by atoms with van der Waals surface area (Å²) >= 11 is 0. The summed E-state index contributed by atoms with van der Waals surface area (Å²) in [6.07, 6.45) is 2.83. The highest BCUT2D eigenvalue weighted by Crippen LogP contribution is 2.15. The van der Waals surface area contributed by atoms with E-state index in [1.807, 2.05) is 0 Å². The van der Waals surface area contributed by atoms with Gasteiger partial charge in [0.1, 0.15) is 0 Å². The van der Waals surface area contributed by atoms with Gasteiger partial charge in [-0.1, -0.05) is 30.3 Å². The number of carbonyl (C=O) groups excluding carboxylic acids is 1. The molecule has 0 saturated carbocycles. The van der Waals surface area contributed by atoms with E-state index in [0.29, 0.717) is 18.4 Å². The van der Waals surface area contributed by atoms with E-state index < -0.39 is 0 Å². The molecule has 2 saturated heterocycles. The van der Waals surface area contributed by atoms with E-state index in [4.69, 9.17) is 0 Å². The summed E-state index contributed by atoms with van der Waals surface area (Å²) in [7, 11) is 0. The molecule has 3 rings (SSSR count). The number of amides is 1. The van der Waals surface area contributed by atoms with Gasteiger partial charge in [0, 0.05) is 32.1 Å². The Morgan fingerprint density at radius 3 is 2.52 bits per heavy atom. The van der Waals surface area contributed by atoms with Crippen molar-refractivity contribution in [3.8, 4) is 0 Å². The fourth-order valence-electron chi connectivity index (χ4n) is 3.12. The van der Waals surface area contributed by atoms with Crippen LogP contribution in [-0.2, 0) is 11.3 Å². The second-order valence-corrected chi connectivity index (χ2v) is 6.33. The molecule has 1 amide bonds. The lowest BCUT2D eigenvalue weighted by Gasteiger charge is -2.33. The summed E-state index contributed by atoms with van der Waals surface area (Å²) in [4.78, 5) is 14.4. The minimum Gasteiger partial charge on any atom is -0.353 e. The van der Waals surface area contributed by atoms with Crippen molar-refractivity contribution in [2.24, 2.45) is 5.92 Å². The molecule has 0 aliphatic carbocycles. The van der Waals surface area contributed by atoms with Gasteiger partial charge < -0.3 is 10.6 Å². The van der Waals surface area contributed by atoms with Crippen LogP contribution in [0.1, 0.15) is 24.8 Å². The van der Waals surface area contributed by atoms with Crippen LogP contribution in [0.25, 0.3) is 0 Å². The van der Waals surface area contributed by atoms with Crippen molar-refractivity contribution in [2.45, 2.75) is 31.8 Å². The molecular weight excluding hydrogens is 262 g/mol.